The van der Waals surface area contributed by atoms with Gasteiger partial charge in [0.1, 0.15) is 5.82 Å². The van der Waals surface area contributed by atoms with Gasteiger partial charge in [-0.15, -0.1) is 0 Å². The molecule has 0 aliphatic carbocycles. The topological polar surface area (TPSA) is 59.2 Å². The maximum atomic E-state index is 11.7. The SMILES string of the molecule is CC(N)CCC(=O)N(C)c1ccccn1. The molecule has 15 heavy (non-hydrogen) atoms. The van der Waals surface area contributed by atoms with Crippen molar-refractivity contribution < 1.29 is 4.79 Å². The van der Waals surface area contributed by atoms with Crippen molar-refractivity contribution in [1.82, 2.24) is 4.98 Å². The van der Waals surface area contributed by atoms with Crippen molar-refractivity contribution in [2.45, 2.75) is 25.8 Å². The van der Waals surface area contributed by atoms with Crippen molar-refractivity contribution >= 4 is 11.7 Å². The standard InChI is InChI=1S/C11H17N3O/c1-9(12)6-7-11(15)14(2)10-5-3-4-8-13-10/h3-5,8-9H,6-7,12H2,1-2H3. The molecule has 1 aromatic rings. The molecular weight excluding hydrogens is 190 g/mol. The maximum Gasteiger partial charge on any atom is 0.227 e. The lowest BCUT2D eigenvalue weighted by atomic mass is 10.2. The van der Waals surface area contributed by atoms with E-state index in [0.29, 0.717) is 18.7 Å². The Labute approximate surface area is 90.1 Å². The average molecular weight is 207 g/mol. The quantitative estimate of drug-likeness (QED) is 0.806. The maximum absolute atomic E-state index is 11.7. The van der Waals surface area contributed by atoms with Crippen LogP contribution < -0.4 is 10.6 Å². The largest absolute Gasteiger partial charge is 0.328 e. The molecule has 2 N–H and O–H groups in total. The summed E-state index contributed by atoms with van der Waals surface area (Å²) in [5, 5.41) is 0. The highest BCUT2D eigenvalue weighted by Gasteiger charge is 2.11. The van der Waals surface area contributed by atoms with Crippen LogP contribution in [0.1, 0.15) is 19.8 Å². The first-order valence-electron chi connectivity index (χ1n) is 5.04. The second-order valence-electron chi connectivity index (χ2n) is 3.66. The zero-order chi connectivity index (χ0) is 11.3. The van der Waals surface area contributed by atoms with E-state index in [2.05, 4.69) is 4.98 Å². The highest BCUT2D eigenvalue weighted by atomic mass is 16.2. The lowest BCUT2D eigenvalue weighted by Gasteiger charge is -2.16. The molecule has 1 heterocycles. The Bertz CT molecular complexity index is 311. The number of anilines is 1. The van der Waals surface area contributed by atoms with Gasteiger partial charge in [-0.1, -0.05) is 6.07 Å². The number of rotatable bonds is 4. The van der Waals surface area contributed by atoms with Gasteiger partial charge in [0.25, 0.3) is 0 Å². The number of hydrogen-bond acceptors (Lipinski definition) is 3. The van der Waals surface area contributed by atoms with Crippen LogP contribution in [0, 0.1) is 0 Å². The van der Waals surface area contributed by atoms with Gasteiger partial charge < -0.3 is 5.73 Å². The van der Waals surface area contributed by atoms with Gasteiger partial charge in [0.15, 0.2) is 0 Å². The van der Waals surface area contributed by atoms with Gasteiger partial charge >= 0.3 is 0 Å². The third-order valence-electron chi connectivity index (χ3n) is 2.18. The summed E-state index contributed by atoms with van der Waals surface area (Å²) in [6.45, 7) is 1.90. The Morgan fingerprint density at radius 2 is 2.33 bits per heavy atom. The number of amides is 1. The third kappa shape index (κ3) is 3.67. The summed E-state index contributed by atoms with van der Waals surface area (Å²) in [4.78, 5) is 17.3. The zero-order valence-corrected chi connectivity index (χ0v) is 9.18. The molecule has 0 saturated carbocycles. The van der Waals surface area contributed by atoms with E-state index in [9.17, 15) is 4.79 Å². The van der Waals surface area contributed by atoms with Crippen molar-refractivity contribution in [1.29, 1.82) is 0 Å². The van der Waals surface area contributed by atoms with E-state index in [1.165, 1.54) is 0 Å². The fourth-order valence-corrected chi connectivity index (χ4v) is 1.20. The molecule has 0 bridgehead atoms. The minimum Gasteiger partial charge on any atom is -0.328 e. The van der Waals surface area contributed by atoms with Crippen LogP contribution in [-0.4, -0.2) is 24.0 Å². The van der Waals surface area contributed by atoms with E-state index >= 15 is 0 Å². The Balaban J connectivity index is 2.54. The summed E-state index contributed by atoms with van der Waals surface area (Å²) in [5.74, 6) is 0.721. The fraction of sp³-hybridized carbons (Fsp3) is 0.455. The van der Waals surface area contributed by atoms with Crippen LogP contribution in [0.25, 0.3) is 0 Å². The second-order valence-corrected chi connectivity index (χ2v) is 3.66. The van der Waals surface area contributed by atoms with E-state index < -0.39 is 0 Å². The minimum absolute atomic E-state index is 0.0472. The first-order valence-corrected chi connectivity index (χ1v) is 5.04. The number of nitrogens with two attached hydrogens (primary N) is 1. The normalized spacial score (nSPS) is 12.2. The number of nitrogens with zero attached hydrogens (tertiary/aromatic N) is 2. The summed E-state index contributed by atoms with van der Waals surface area (Å²) in [6, 6.07) is 5.55. The number of pyridine rings is 1. The Morgan fingerprint density at radius 3 is 2.87 bits per heavy atom. The summed E-state index contributed by atoms with van der Waals surface area (Å²) < 4.78 is 0. The van der Waals surface area contributed by atoms with Gasteiger partial charge in [-0.3, -0.25) is 9.69 Å². The molecule has 0 aromatic carbocycles. The van der Waals surface area contributed by atoms with Gasteiger partial charge in [0.05, 0.1) is 0 Å². The molecule has 4 nitrogen and oxygen atoms in total. The van der Waals surface area contributed by atoms with Gasteiger partial charge in [0, 0.05) is 25.7 Å². The highest BCUT2D eigenvalue weighted by Crippen LogP contribution is 2.09. The molecule has 1 rings (SSSR count). The molecule has 0 saturated heterocycles. The van der Waals surface area contributed by atoms with Crippen molar-refractivity contribution in [3.8, 4) is 0 Å². The second kappa shape index (κ2) is 5.46. The van der Waals surface area contributed by atoms with Gasteiger partial charge in [-0.05, 0) is 25.5 Å². The van der Waals surface area contributed by atoms with Crippen molar-refractivity contribution in [3.63, 3.8) is 0 Å². The van der Waals surface area contributed by atoms with Gasteiger partial charge in [0.2, 0.25) is 5.91 Å². The highest BCUT2D eigenvalue weighted by molar-refractivity contribution is 5.91. The van der Waals surface area contributed by atoms with Crippen molar-refractivity contribution in [3.05, 3.63) is 24.4 Å². The predicted octanol–water partition coefficient (Wildman–Crippen LogP) is 1.17. The van der Waals surface area contributed by atoms with Crippen LogP contribution in [0.2, 0.25) is 0 Å². The van der Waals surface area contributed by atoms with Crippen LogP contribution in [0.15, 0.2) is 24.4 Å². The van der Waals surface area contributed by atoms with Crippen LogP contribution in [0.5, 0.6) is 0 Å². The number of aromatic nitrogens is 1. The number of carbonyl (C=O) groups excluding carboxylic acids is 1. The number of hydrogen-bond donors (Lipinski definition) is 1. The van der Waals surface area contributed by atoms with E-state index in [4.69, 9.17) is 5.73 Å². The lowest BCUT2D eigenvalue weighted by Crippen LogP contribution is -2.28. The molecule has 4 heteroatoms. The van der Waals surface area contributed by atoms with E-state index in [0.717, 1.165) is 0 Å². The molecule has 0 spiro atoms. The summed E-state index contributed by atoms with van der Waals surface area (Å²) in [5.41, 5.74) is 5.59. The van der Waals surface area contributed by atoms with E-state index in [-0.39, 0.29) is 11.9 Å². The van der Waals surface area contributed by atoms with Crippen LogP contribution in [0.3, 0.4) is 0 Å². The summed E-state index contributed by atoms with van der Waals surface area (Å²) in [6.07, 6.45) is 2.84. The third-order valence-corrected chi connectivity index (χ3v) is 2.18. The Kier molecular flexibility index (Phi) is 4.24. The van der Waals surface area contributed by atoms with Gasteiger partial charge in [-0.25, -0.2) is 4.98 Å². The first kappa shape index (κ1) is 11.7. The van der Waals surface area contributed by atoms with Crippen LogP contribution in [-0.2, 0) is 4.79 Å². The summed E-state index contributed by atoms with van der Waals surface area (Å²) >= 11 is 0. The molecule has 1 unspecified atom stereocenters. The van der Waals surface area contributed by atoms with Crippen molar-refractivity contribution in [2.75, 3.05) is 11.9 Å². The van der Waals surface area contributed by atoms with Crippen LogP contribution in [0.4, 0.5) is 5.82 Å². The average Bonchev–Trinajstić information content (AvgIpc) is 2.26. The molecule has 0 radical (unpaired) electrons. The molecule has 1 atom stereocenters. The molecule has 0 aliphatic heterocycles. The monoisotopic (exact) mass is 207 g/mol. The molecule has 1 aromatic heterocycles. The molecule has 0 aliphatic rings. The summed E-state index contributed by atoms with van der Waals surface area (Å²) in [7, 11) is 1.73. The predicted molar refractivity (Wildman–Crippen MR) is 60.5 cm³/mol. The fourth-order valence-electron chi connectivity index (χ4n) is 1.20. The van der Waals surface area contributed by atoms with Crippen molar-refractivity contribution in [2.24, 2.45) is 5.73 Å². The van der Waals surface area contributed by atoms with E-state index in [1.807, 2.05) is 25.1 Å². The Hall–Kier alpha value is -1.42. The minimum atomic E-state index is 0.0472. The number of carbonyl (C=O) groups is 1. The molecule has 0 fully saturated rings. The molecule has 82 valence electrons. The smallest absolute Gasteiger partial charge is 0.227 e. The zero-order valence-electron chi connectivity index (χ0n) is 9.18. The Morgan fingerprint density at radius 1 is 1.60 bits per heavy atom. The van der Waals surface area contributed by atoms with Gasteiger partial charge in [-0.2, -0.15) is 0 Å². The molecule has 1 amide bonds. The first-order chi connectivity index (χ1) is 7.11. The van der Waals surface area contributed by atoms with Crippen LogP contribution >= 0.6 is 0 Å². The lowest BCUT2D eigenvalue weighted by molar-refractivity contribution is -0.118. The van der Waals surface area contributed by atoms with E-state index in [1.54, 1.807) is 18.1 Å². The molecular formula is C11H17N3O.